The number of aromatic nitrogens is 4. The smallest absolute Gasteiger partial charge is 0.267 e. The normalized spacial score (nSPS) is 16.6. The van der Waals surface area contributed by atoms with Gasteiger partial charge in [0.15, 0.2) is 5.82 Å². The van der Waals surface area contributed by atoms with E-state index >= 15 is 0 Å². The maximum Gasteiger partial charge on any atom is 0.267 e. The maximum atomic E-state index is 12.2. The van der Waals surface area contributed by atoms with Crippen molar-refractivity contribution < 1.29 is 9.32 Å². The van der Waals surface area contributed by atoms with E-state index in [1.165, 1.54) is 6.20 Å². The lowest BCUT2D eigenvalue weighted by molar-refractivity contribution is 0.0715. The lowest BCUT2D eigenvalue weighted by Gasteiger charge is -2.30. The van der Waals surface area contributed by atoms with Crippen LogP contribution in [0.3, 0.4) is 0 Å². The van der Waals surface area contributed by atoms with Gasteiger partial charge in [0, 0.05) is 24.9 Å². The van der Waals surface area contributed by atoms with Gasteiger partial charge in [-0.05, 0) is 24.4 Å². The molecule has 0 unspecified atom stereocenters. The number of hydrogen-bond donors (Lipinski definition) is 0. The zero-order valence-corrected chi connectivity index (χ0v) is 12.8. The largest absolute Gasteiger partial charge is 0.339 e. The molecular formula is C13H17N5O2S. The Morgan fingerprint density at radius 3 is 2.76 bits per heavy atom. The standard InChI is InChI=1S/C13H17N5O2S/c1-8(2)12-15-11(16-20-12)9-3-5-18(6-4-9)13(19)10-7-14-17-21-10/h7-9H,3-6H2,1-2H3. The van der Waals surface area contributed by atoms with E-state index in [9.17, 15) is 4.79 Å². The first-order valence-corrected chi connectivity index (χ1v) is 7.82. The molecule has 0 aromatic carbocycles. The Bertz CT molecular complexity index is 602. The first-order valence-electron chi connectivity index (χ1n) is 7.05. The molecule has 1 amide bonds. The molecule has 0 aliphatic carbocycles. The molecule has 3 heterocycles. The Kier molecular flexibility index (Phi) is 3.96. The third-order valence-electron chi connectivity index (χ3n) is 3.67. The highest BCUT2D eigenvalue weighted by molar-refractivity contribution is 7.07. The van der Waals surface area contributed by atoms with Gasteiger partial charge in [-0.25, -0.2) is 0 Å². The van der Waals surface area contributed by atoms with Crippen LogP contribution in [0.5, 0.6) is 0 Å². The van der Waals surface area contributed by atoms with Crippen LogP contribution in [0, 0.1) is 0 Å². The van der Waals surface area contributed by atoms with Crippen LogP contribution >= 0.6 is 11.5 Å². The number of carbonyl (C=O) groups excluding carboxylic acids is 1. The van der Waals surface area contributed by atoms with Crippen LogP contribution in [0.1, 0.15) is 59.9 Å². The fourth-order valence-electron chi connectivity index (χ4n) is 2.41. The first-order chi connectivity index (χ1) is 10.1. The summed E-state index contributed by atoms with van der Waals surface area (Å²) < 4.78 is 8.99. The number of nitrogens with zero attached hydrogens (tertiary/aromatic N) is 5. The lowest BCUT2D eigenvalue weighted by atomic mass is 9.96. The maximum absolute atomic E-state index is 12.2. The molecule has 0 bridgehead atoms. The van der Waals surface area contributed by atoms with Crippen LogP contribution in [-0.2, 0) is 0 Å². The van der Waals surface area contributed by atoms with Crippen LogP contribution < -0.4 is 0 Å². The molecule has 8 heteroatoms. The molecule has 21 heavy (non-hydrogen) atoms. The summed E-state index contributed by atoms with van der Waals surface area (Å²) in [5.74, 6) is 1.97. The van der Waals surface area contributed by atoms with Gasteiger partial charge < -0.3 is 9.42 Å². The monoisotopic (exact) mass is 307 g/mol. The van der Waals surface area contributed by atoms with E-state index in [2.05, 4.69) is 19.7 Å². The first kappa shape index (κ1) is 14.1. The van der Waals surface area contributed by atoms with Crippen molar-refractivity contribution in [2.45, 2.75) is 38.5 Å². The number of carbonyl (C=O) groups is 1. The highest BCUT2D eigenvalue weighted by Crippen LogP contribution is 2.27. The Morgan fingerprint density at radius 2 is 2.19 bits per heavy atom. The topological polar surface area (TPSA) is 85.0 Å². The summed E-state index contributed by atoms with van der Waals surface area (Å²) in [5, 5.41) is 7.78. The second kappa shape index (κ2) is 5.88. The Labute approximate surface area is 126 Å². The van der Waals surface area contributed by atoms with Crippen LogP contribution in [0.25, 0.3) is 0 Å². The highest BCUT2D eigenvalue weighted by atomic mass is 32.1. The van der Waals surface area contributed by atoms with E-state index in [4.69, 9.17) is 4.52 Å². The fourth-order valence-corrected chi connectivity index (χ4v) is 2.89. The molecule has 3 rings (SSSR count). The molecule has 0 radical (unpaired) electrons. The minimum absolute atomic E-state index is 0.0134. The summed E-state index contributed by atoms with van der Waals surface area (Å²) in [5.41, 5.74) is 0. The third kappa shape index (κ3) is 2.94. The van der Waals surface area contributed by atoms with Gasteiger partial charge in [-0.2, -0.15) is 4.98 Å². The van der Waals surface area contributed by atoms with Crippen molar-refractivity contribution in [2.75, 3.05) is 13.1 Å². The van der Waals surface area contributed by atoms with Gasteiger partial charge in [-0.15, -0.1) is 5.10 Å². The Morgan fingerprint density at radius 1 is 1.43 bits per heavy atom. The second-order valence-electron chi connectivity index (χ2n) is 5.49. The summed E-state index contributed by atoms with van der Waals surface area (Å²) in [6.07, 6.45) is 3.23. The summed E-state index contributed by atoms with van der Waals surface area (Å²) in [7, 11) is 0. The van der Waals surface area contributed by atoms with Gasteiger partial charge in [-0.1, -0.05) is 23.5 Å². The number of piperidine rings is 1. The number of hydrogen-bond acceptors (Lipinski definition) is 7. The minimum atomic E-state index is 0.0134. The molecule has 0 atom stereocenters. The molecule has 1 fully saturated rings. The molecule has 112 valence electrons. The molecule has 2 aromatic heterocycles. The van der Waals surface area contributed by atoms with Crippen LogP contribution in [-0.4, -0.2) is 43.6 Å². The van der Waals surface area contributed by atoms with Gasteiger partial charge in [-0.3, -0.25) is 4.79 Å². The molecule has 0 N–H and O–H groups in total. The molecule has 2 aromatic rings. The molecule has 0 spiro atoms. The van der Waals surface area contributed by atoms with Crippen molar-refractivity contribution in [3.8, 4) is 0 Å². The average Bonchev–Trinajstić information content (AvgIpc) is 3.18. The molecule has 1 aliphatic heterocycles. The molecule has 0 saturated carbocycles. The summed E-state index contributed by atoms with van der Waals surface area (Å²) in [6.45, 7) is 5.46. The Hall–Kier alpha value is -1.83. The van der Waals surface area contributed by atoms with Gasteiger partial charge in [0.25, 0.3) is 5.91 Å². The number of rotatable bonds is 3. The zero-order chi connectivity index (χ0) is 14.8. The van der Waals surface area contributed by atoms with E-state index in [1.807, 2.05) is 18.7 Å². The molecular weight excluding hydrogens is 290 g/mol. The SMILES string of the molecule is CC(C)c1nc(C2CCN(C(=O)c3cnns3)CC2)no1. The second-order valence-corrected chi connectivity index (χ2v) is 6.28. The van der Waals surface area contributed by atoms with Crippen molar-refractivity contribution in [1.29, 1.82) is 0 Å². The predicted molar refractivity (Wildman–Crippen MR) is 76.2 cm³/mol. The van der Waals surface area contributed by atoms with Gasteiger partial charge >= 0.3 is 0 Å². The molecule has 1 saturated heterocycles. The van der Waals surface area contributed by atoms with Crippen LogP contribution in [0.2, 0.25) is 0 Å². The van der Waals surface area contributed by atoms with E-state index in [0.29, 0.717) is 23.9 Å². The van der Waals surface area contributed by atoms with E-state index in [1.54, 1.807) is 0 Å². The van der Waals surface area contributed by atoms with E-state index in [0.717, 1.165) is 30.2 Å². The van der Waals surface area contributed by atoms with E-state index < -0.39 is 0 Å². The van der Waals surface area contributed by atoms with Crippen molar-refractivity contribution in [3.05, 3.63) is 22.8 Å². The van der Waals surface area contributed by atoms with Gasteiger partial charge in [0.2, 0.25) is 5.89 Å². The predicted octanol–water partition coefficient (Wildman–Crippen LogP) is 2.06. The average molecular weight is 307 g/mol. The van der Waals surface area contributed by atoms with E-state index in [-0.39, 0.29) is 17.7 Å². The van der Waals surface area contributed by atoms with Crippen LogP contribution in [0.15, 0.2) is 10.7 Å². The molecule has 7 nitrogen and oxygen atoms in total. The zero-order valence-electron chi connectivity index (χ0n) is 12.0. The summed E-state index contributed by atoms with van der Waals surface area (Å²) in [4.78, 5) is 19.1. The van der Waals surface area contributed by atoms with Crippen molar-refractivity contribution in [1.82, 2.24) is 24.6 Å². The Balaban J connectivity index is 1.61. The summed E-state index contributed by atoms with van der Waals surface area (Å²) in [6, 6.07) is 0. The molecule has 1 aliphatic rings. The van der Waals surface area contributed by atoms with Crippen molar-refractivity contribution in [3.63, 3.8) is 0 Å². The van der Waals surface area contributed by atoms with Crippen molar-refractivity contribution >= 4 is 17.4 Å². The number of likely N-dealkylation sites (tertiary alicyclic amines) is 1. The quantitative estimate of drug-likeness (QED) is 0.863. The van der Waals surface area contributed by atoms with Gasteiger partial charge in [0.1, 0.15) is 4.88 Å². The number of amides is 1. The third-order valence-corrected chi connectivity index (χ3v) is 4.32. The van der Waals surface area contributed by atoms with Gasteiger partial charge in [0.05, 0.1) is 6.20 Å². The lowest BCUT2D eigenvalue weighted by Crippen LogP contribution is -2.37. The van der Waals surface area contributed by atoms with Crippen LogP contribution in [0.4, 0.5) is 0 Å². The summed E-state index contributed by atoms with van der Waals surface area (Å²) >= 11 is 1.14. The fraction of sp³-hybridized carbons (Fsp3) is 0.615. The van der Waals surface area contributed by atoms with Crippen molar-refractivity contribution in [2.24, 2.45) is 0 Å². The minimum Gasteiger partial charge on any atom is -0.339 e. The highest BCUT2D eigenvalue weighted by Gasteiger charge is 2.28.